The van der Waals surface area contributed by atoms with Gasteiger partial charge in [0.15, 0.2) is 0 Å². The van der Waals surface area contributed by atoms with Crippen LogP contribution in [-0.2, 0) is 0 Å². The van der Waals surface area contributed by atoms with Crippen molar-refractivity contribution < 1.29 is 0 Å². The zero-order chi connectivity index (χ0) is 7.23. The van der Waals surface area contributed by atoms with Gasteiger partial charge in [0.05, 0.1) is 0 Å². The number of nitrogens with one attached hydrogen (secondary N) is 1. The summed E-state index contributed by atoms with van der Waals surface area (Å²) in [6.07, 6.45) is 0. The number of alkyl halides is 1. The van der Waals surface area contributed by atoms with Gasteiger partial charge < -0.3 is 5.32 Å². The van der Waals surface area contributed by atoms with E-state index < -0.39 is 0 Å². The lowest BCUT2D eigenvalue weighted by molar-refractivity contribution is 1.22. The highest BCUT2D eigenvalue weighted by Crippen LogP contribution is 2.02. The van der Waals surface area contributed by atoms with Gasteiger partial charge in [-0.15, -0.1) is 11.6 Å². The van der Waals surface area contributed by atoms with E-state index in [1.165, 1.54) is 0 Å². The lowest BCUT2D eigenvalue weighted by Crippen LogP contribution is -2.01. The fourth-order valence-electron chi connectivity index (χ4n) is 0.685. The Balaban J connectivity index is 2.43. The minimum absolute atomic E-state index is 0.628. The van der Waals surface area contributed by atoms with Crippen molar-refractivity contribution in [2.45, 2.75) is 0 Å². The molecule has 0 aromatic heterocycles. The van der Waals surface area contributed by atoms with Crippen molar-refractivity contribution in [1.29, 1.82) is 0 Å². The molecule has 0 aliphatic carbocycles. The number of rotatable bonds is 3. The van der Waals surface area contributed by atoms with Gasteiger partial charge in [-0.3, -0.25) is 0 Å². The van der Waals surface area contributed by atoms with E-state index in [0.717, 1.165) is 12.2 Å². The highest BCUT2D eigenvalue weighted by Gasteiger charge is 1.85. The molecule has 0 unspecified atom stereocenters. The van der Waals surface area contributed by atoms with Crippen molar-refractivity contribution in [2.24, 2.45) is 0 Å². The molecule has 10 heavy (non-hydrogen) atoms. The van der Waals surface area contributed by atoms with Crippen LogP contribution in [0.25, 0.3) is 0 Å². The minimum Gasteiger partial charge on any atom is -0.383 e. The first-order chi connectivity index (χ1) is 4.93. The van der Waals surface area contributed by atoms with Gasteiger partial charge in [0.1, 0.15) is 0 Å². The van der Waals surface area contributed by atoms with E-state index in [9.17, 15) is 0 Å². The Morgan fingerprint density at radius 2 is 2.40 bits per heavy atom. The van der Waals surface area contributed by atoms with Crippen molar-refractivity contribution in [3.63, 3.8) is 0 Å². The Labute approximate surface area is 66.0 Å². The molecule has 1 aromatic rings. The van der Waals surface area contributed by atoms with E-state index >= 15 is 0 Å². The maximum absolute atomic E-state index is 5.48. The minimum atomic E-state index is 0.628. The molecule has 2 heteroatoms. The Morgan fingerprint density at radius 1 is 1.50 bits per heavy atom. The summed E-state index contributed by atoms with van der Waals surface area (Å²) in [6.45, 7) is 0.794. The van der Waals surface area contributed by atoms with Gasteiger partial charge in [0.25, 0.3) is 0 Å². The summed E-state index contributed by atoms with van der Waals surface area (Å²) in [5.74, 6) is 0.628. The molecule has 1 nitrogen and oxygen atoms in total. The monoisotopic (exact) mass is 154 g/mol. The fourth-order valence-corrected chi connectivity index (χ4v) is 0.780. The van der Waals surface area contributed by atoms with Gasteiger partial charge in [0, 0.05) is 24.2 Å². The summed E-state index contributed by atoms with van der Waals surface area (Å²) >= 11 is 5.48. The molecule has 1 rings (SSSR count). The fraction of sp³-hybridized carbons (Fsp3) is 0.250. The zero-order valence-corrected chi connectivity index (χ0v) is 6.36. The van der Waals surface area contributed by atoms with Crippen LogP contribution in [0.5, 0.6) is 0 Å². The third-order valence-corrected chi connectivity index (χ3v) is 1.31. The van der Waals surface area contributed by atoms with E-state index in [4.69, 9.17) is 11.6 Å². The summed E-state index contributed by atoms with van der Waals surface area (Å²) in [7, 11) is 0. The van der Waals surface area contributed by atoms with Crippen LogP contribution < -0.4 is 5.32 Å². The number of hydrogen-bond donors (Lipinski definition) is 1. The molecule has 1 N–H and O–H groups in total. The van der Waals surface area contributed by atoms with Crippen molar-refractivity contribution in [1.82, 2.24) is 0 Å². The molecule has 53 valence electrons. The van der Waals surface area contributed by atoms with Crippen molar-refractivity contribution in [2.75, 3.05) is 17.7 Å². The van der Waals surface area contributed by atoms with Crippen LogP contribution in [0, 0.1) is 6.07 Å². The summed E-state index contributed by atoms with van der Waals surface area (Å²) in [5.41, 5.74) is 1.00. The Kier molecular flexibility index (Phi) is 3.10. The van der Waals surface area contributed by atoms with Gasteiger partial charge >= 0.3 is 0 Å². The lowest BCUT2D eigenvalue weighted by Gasteiger charge is -2.00. The SMILES string of the molecule is ClCCNc1[c]cccc1. The quantitative estimate of drug-likeness (QED) is 0.658. The van der Waals surface area contributed by atoms with E-state index in [1.54, 1.807) is 0 Å². The van der Waals surface area contributed by atoms with Crippen LogP contribution in [0.2, 0.25) is 0 Å². The second-order valence-corrected chi connectivity index (χ2v) is 2.27. The molecule has 0 heterocycles. The van der Waals surface area contributed by atoms with Gasteiger partial charge in [-0.2, -0.15) is 0 Å². The molecule has 0 saturated carbocycles. The molecule has 0 saturated heterocycles. The molecule has 0 amide bonds. The molecular formula is C8H9ClN. The Hall–Kier alpha value is -0.690. The zero-order valence-electron chi connectivity index (χ0n) is 5.60. The smallest absolute Gasteiger partial charge is 0.0421 e. The first kappa shape index (κ1) is 7.42. The van der Waals surface area contributed by atoms with Crippen LogP contribution in [0.3, 0.4) is 0 Å². The van der Waals surface area contributed by atoms with Crippen LogP contribution in [0.4, 0.5) is 5.69 Å². The van der Waals surface area contributed by atoms with Gasteiger partial charge in [-0.1, -0.05) is 18.2 Å². The molecule has 1 radical (unpaired) electrons. The number of anilines is 1. The van der Waals surface area contributed by atoms with Crippen LogP contribution in [0.15, 0.2) is 24.3 Å². The topological polar surface area (TPSA) is 12.0 Å². The van der Waals surface area contributed by atoms with Crippen LogP contribution in [-0.4, -0.2) is 12.4 Å². The van der Waals surface area contributed by atoms with Crippen molar-refractivity contribution >= 4 is 17.3 Å². The van der Waals surface area contributed by atoms with Gasteiger partial charge in [0.2, 0.25) is 0 Å². The van der Waals surface area contributed by atoms with Crippen LogP contribution in [0.1, 0.15) is 0 Å². The summed E-state index contributed by atoms with van der Waals surface area (Å²) < 4.78 is 0. The Bertz CT molecular complexity index is 174. The third-order valence-electron chi connectivity index (χ3n) is 1.12. The van der Waals surface area contributed by atoms with Crippen molar-refractivity contribution in [3.05, 3.63) is 30.3 Å². The molecule has 0 atom stereocenters. The van der Waals surface area contributed by atoms with Gasteiger partial charge in [-0.05, 0) is 6.07 Å². The van der Waals surface area contributed by atoms with E-state index in [2.05, 4.69) is 11.4 Å². The first-order valence-corrected chi connectivity index (χ1v) is 3.73. The number of para-hydroxylation sites is 1. The summed E-state index contributed by atoms with van der Waals surface area (Å²) in [5, 5.41) is 3.11. The highest BCUT2D eigenvalue weighted by molar-refractivity contribution is 6.18. The van der Waals surface area contributed by atoms with E-state index in [1.807, 2.05) is 24.3 Å². The van der Waals surface area contributed by atoms with E-state index in [-0.39, 0.29) is 0 Å². The maximum Gasteiger partial charge on any atom is 0.0421 e. The van der Waals surface area contributed by atoms with Crippen molar-refractivity contribution in [3.8, 4) is 0 Å². The molecular weight excluding hydrogens is 146 g/mol. The third kappa shape index (κ3) is 2.28. The second kappa shape index (κ2) is 4.18. The predicted molar refractivity (Wildman–Crippen MR) is 44.5 cm³/mol. The molecule has 0 aliphatic rings. The predicted octanol–water partition coefficient (Wildman–Crippen LogP) is 2.14. The highest BCUT2D eigenvalue weighted by atomic mass is 35.5. The number of benzene rings is 1. The standard InChI is InChI=1S/C8H9ClN/c9-6-7-10-8-4-2-1-3-5-8/h1-4,10H,6-7H2. The molecule has 0 bridgehead atoms. The number of hydrogen-bond acceptors (Lipinski definition) is 1. The van der Waals surface area contributed by atoms with Crippen LogP contribution >= 0.6 is 11.6 Å². The van der Waals surface area contributed by atoms with Gasteiger partial charge in [-0.25, -0.2) is 0 Å². The molecule has 0 spiro atoms. The normalized spacial score (nSPS) is 9.30. The number of halogens is 1. The molecule has 0 fully saturated rings. The average molecular weight is 155 g/mol. The summed E-state index contributed by atoms with van der Waals surface area (Å²) in [4.78, 5) is 0. The molecule has 0 aliphatic heterocycles. The molecule has 1 aromatic carbocycles. The first-order valence-electron chi connectivity index (χ1n) is 3.20. The lowest BCUT2D eigenvalue weighted by atomic mass is 10.3. The largest absolute Gasteiger partial charge is 0.383 e. The Morgan fingerprint density at radius 3 is 3.00 bits per heavy atom. The van der Waals surface area contributed by atoms with E-state index in [0.29, 0.717) is 5.88 Å². The summed E-state index contributed by atoms with van der Waals surface area (Å²) in [6, 6.07) is 10.8. The second-order valence-electron chi connectivity index (χ2n) is 1.89. The average Bonchev–Trinajstić information content (AvgIpc) is 2.03. The maximum atomic E-state index is 5.48.